The second-order valence-corrected chi connectivity index (χ2v) is 1.52. The summed E-state index contributed by atoms with van der Waals surface area (Å²) in [5.41, 5.74) is 0. The Morgan fingerprint density at radius 1 is 1.50 bits per heavy atom. The van der Waals surface area contributed by atoms with Crippen LogP contribution in [-0.4, -0.2) is 39.3 Å². The van der Waals surface area contributed by atoms with Gasteiger partial charge in [0, 0.05) is 0 Å². The van der Waals surface area contributed by atoms with Gasteiger partial charge in [0.2, 0.25) is 0 Å². The van der Waals surface area contributed by atoms with Crippen LogP contribution in [0.15, 0.2) is 18.7 Å². The number of hydrogen-bond donors (Lipinski definition) is 1. The third kappa shape index (κ3) is 5.29. The molecule has 0 aliphatic rings. The number of rotatable bonds is 0. The van der Waals surface area contributed by atoms with E-state index in [1.165, 1.54) is 6.33 Å². The Kier molecular flexibility index (Phi) is 5.74. The first kappa shape index (κ1) is 9.15. The van der Waals surface area contributed by atoms with Gasteiger partial charge in [0.15, 0.2) is 0 Å². The van der Waals surface area contributed by atoms with E-state index in [4.69, 9.17) is 9.90 Å². The molecule has 1 aromatic heterocycles. The first-order valence-electron chi connectivity index (χ1n) is 2.60. The summed E-state index contributed by atoms with van der Waals surface area (Å²) in [6, 6.07) is 0. The van der Waals surface area contributed by atoms with Crippen LogP contribution < -0.4 is 4.24 Å². The molecule has 0 atom stereocenters. The minimum absolute atomic E-state index is 0.250. The quantitative estimate of drug-likeness (QED) is 0.362. The van der Waals surface area contributed by atoms with Crippen LogP contribution in [0.25, 0.3) is 0 Å². The molecule has 5 heteroatoms. The molecule has 0 radical (unpaired) electrons. The van der Waals surface area contributed by atoms with Gasteiger partial charge in [0.05, 0.1) is 0 Å². The standard InChI is InChI=1S/C4H3N2.CH2O2.Li/c1-2-5-4-6-3-1;2-1-3;/h2-4H;1H,(H,2,3);. The van der Waals surface area contributed by atoms with Gasteiger partial charge >= 0.3 is 50.6 Å². The van der Waals surface area contributed by atoms with E-state index < -0.39 is 0 Å². The fraction of sp³-hybridized carbons (Fsp3) is 0. The van der Waals surface area contributed by atoms with Gasteiger partial charge in [0.1, 0.15) is 0 Å². The maximum atomic E-state index is 8.36. The van der Waals surface area contributed by atoms with Crippen LogP contribution in [0.4, 0.5) is 0 Å². The summed E-state index contributed by atoms with van der Waals surface area (Å²) in [5, 5.41) is 6.89. The average molecular weight is 132 g/mol. The molecule has 1 aromatic rings. The van der Waals surface area contributed by atoms with Crippen molar-refractivity contribution in [2.24, 2.45) is 0 Å². The molecule has 0 unspecified atom stereocenters. The van der Waals surface area contributed by atoms with Crippen molar-refractivity contribution in [1.29, 1.82) is 0 Å². The molecule has 0 saturated carbocycles. The fourth-order valence-corrected chi connectivity index (χ4v) is 0.374. The van der Waals surface area contributed by atoms with Crippen LogP contribution >= 0.6 is 0 Å². The Bertz CT molecular complexity index is 180. The van der Waals surface area contributed by atoms with Gasteiger partial charge in [-0.15, -0.1) is 0 Å². The van der Waals surface area contributed by atoms with Gasteiger partial charge < -0.3 is 5.11 Å². The van der Waals surface area contributed by atoms with Gasteiger partial charge in [-0.1, -0.05) is 0 Å². The first-order chi connectivity index (χ1) is 4.81. The maximum absolute atomic E-state index is 8.36. The minimum atomic E-state index is -0.250. The van der Waals surface area contributed by atoms with Crippen molar-refractivity contribution < 1.29 is 9.90 Å². The molecule has 1 heterocycles. The van der Waals surface area contributed by atoms with E-state index >= 15 is 0 Å². The summed E-state index contributed by atoms with van der Waals surface area (Å²) in [4.78, 5) is 15.9. The Labute approximate surface area is 67.5 Å². The molecule has 0 aliphatic heterocycles. The topological polar surface area (TPSA) is 63.1 Å². The summed E-state index contributed by atoms with van der Waals surface area (Å²) in [7, 11) is 0. The van der Waals surface area contributed by atoms with E-state index in [0.29, 0.717) is 0 Å². The monoisotopic (exact) mass is 132 g/mol. The summed E-state index contributed by atoms with van der Waals surface area (Å²) < 4.78 is 1.10. The molecule has 1 rings (SSSR count). The number of carboxylic acid groups (broad SMARTS) is 1. The zero-order valence-corrected chi connectivity index (χ0v) is 5.56. The Morgan fingerprint density at radius 3 is 2.10 bits per heavy atom. The van der Waals surface area contributed by atoms with E-state index in [-0.39, 0.29) is 6.47 Å². The van der Waals surface area contributed by atoms with Crippen molar-refractivity contribution in [3.63, 3.8) is 0 Å². The molecule has 1 N–H and O–H groups in total. The zero-order valence-electron chi connectivity index (χ0n) is 5.56. The molecule has 0 aliphatic carbocycles. The third-order valence-electron chi connectivity index (χ3n) is 0.690. The molecular weight excluding hydrogens is 127 g/mol. The van der Waals surface area contributed by atoms with E-state index in [9.17, 15) is 0 Å². The Hall–Kier alpha value is -0.853. The summed E-state index contributed by atoms with van der Waals surface area (Å²) in [5.74, 6) is 0. The molecule has 10 heavy (non-hydrogen) atoms. The molecule has 0 amide bonds. The van der Waals surface area contributed by atoms with E-state index in [0.717, 1.165) is 4.24 Å². The Balaban J connectivity index is 0.000000236. The van der Waals surface area contributed by atoms with Crippen molar-refractivity contribution in [2.75, 3.05) is 0 Å². The summed E-state index contributed by atoms with van der Waals surface area (Å²) in [6.45, 7) is -0.250. The fourth-order valence-electron chi connectivity index (χ4n) is 0.374. The van der Waals surface area contributed by atoms with Crippen molar-refractivity contribution in [3.05, 3.63) is 18.7 Å². The van der Waals surface area contributed by atoms with Gasteiger partial charge in [-0.2, -0.15) is 0 Å². The summed E-state index contributed by atoms with van der Waals surface area (Å²) >= 11 is 1.96. The molecule has 0 fully saturated rings. The van der Waals surface area contributed by atoms with Crippen LogP contribution in [0, 0.1) is 0 Å². The Morgan fingerprint density at radius 2 is 1.90 bits per heavy atom. The number of aromatic nitrogens is 2. The SMILES string of the molecule is O=CO.[Li][c]1cncnc1. The average Bonchev–Trinajstić information content (AvgIpc) is 1.91. The molecule has 0 saturated heterocycles. The number of hydrogen-bond acceptors (Lipinski definition) is 3. The van der Waals surface area contributed by atoms with Crippen LogP contribution in [-0.2, 0) is 4.79 Å². The van der Waals surface area contributed by atoms with Crippen LogP contribution in [0.5, 0.6) is 0 Å². The normalized spacial score (nSPS) is 7.40. The van der Waals surface area contributed by atoms with Crippen LogP contribution in [0.3, 0.4) is 0 Å². The third-order valence-corrected chi connectivity index (χ3v) is 0.690. The zero-order chi connectivity index (χ0) is 7.82. The predicted octanol–water partition coefficient (Wildman–Crippen LogP) is -1.03. The second-order valence-electron chi connectivity index (χ2n) is 1.52. The van der Waals surface area contributed by atoms with Gasteiger partial charge in [-0.25, -0.2) is 0 Å². The van der Waals surface area contributed by atoms with E-state index in [2.05, 4.69) is 9.97 Å². The van der Waals surface area contributed by atoms with Crippen molar-refractivity contribution in [2.45, 2.75) is 0 Å². The van der Waals surface area contributed by atoms with Gasteiger partial charge in [-0.05, 0) is 0 Å². The van der Waals surface area contributed by atoms with Crippen molar-refractivity contribution in [3.8, 4) is 0 Å². The van der Waals surface area contributed by atoms with Crippen LogP contribution in [0.2, 0.25) is 0 Å². The van der Waals surface area contributed by atoms with Crippen molar-refractivity contribution in [1.82, 2.24) is 9.97 Å². The molecule has 4 nitrogen and oxygen atoms in total. The number of carbonyl (C=O) groups is 1. The van der Waals surface area contributed by atoms with Gasteiger partial charge in [0.25, 0.3) is 6.47 Å². The predicted molar refractivity (Wildman–Crippen MR) is 36.1 cm³/mol. The summed E-state index contributed by atoms with van der Waals surface area (Å²) in [6.07, 6.45) is 5.06. The number of nitrogens with zero attached hydrogens (tertiary/aromatic N) is 2. The molecule has 0 spiro atoms. The van der Waals surface area contributed by atoms with E-state index in [1.807, 2.05) is 17.7 Å². The van der Waals surface area contributed by atoms with E-state index in [1.54, 1.807) is 12.4 Å². The van der Waals surface area contributed by atoms with Gasteiger partial charge in [-0.3, -0.25) is 4.79 Å². The van der Waals surface area contributed by atoms with Crippen molar-refractivity contribution >= 4 is 28.4 Å². The first-order valence-corrected chi connectivity index (χ1v) is 2.60. The molecule has 48 valence electrons. The molecule has 0 bridgehead atoms. The van der Waals surface area contributed by atoms with Crippen LogP contribution in [0.1, 0.15) is 0 Å². The molecular formula is C5H5LiN2O2. The second kappa shape index (κ2) is 6.27. The molecule has 0 aromatic carbocycles.